The number of para-hydroxylation sites is 5. The fourth-order valence-electron chi connectivity index (χ4n) is 9.54. The normalized spacial score (nSPS) is 12.8. The topological polar surface area (TPSA) is 45.2 Å². The van der Waals surface area contributed by atoms with Crippen LogP contribution in [-0.4, -0.2) is 9.97 Å². The second-order valence-corrected chi connectivity index (χ2v) is 23.8. The van der Waals surface area contributed by atoms with Crippen molar-refractivity contribution in [3.63, 3.8) is 0 Å². The molecule has 14 heteroatoms. The number of thiophene rings is 6. The van der Waals surface area contributed by atoms with E-state index in [0.717, 1.165) is 105 Å². The van der Waals surface area contributed by atoms with E-state index < -0.39 is 0 Å². The van der Waals surface area contributed by atoms with Gasteiger partial charge in [-0.3, -0.25) is 39.4 Å². The molecule has 76 heavy (non-hydrogen) atoms. The van der Waals surface area contributed by atoms with Crippen LogP contribution in [0.3, 0.4) is 0 Å². The molecule has 366 valence electrons. The van der Waals surface area contributed by atoms with Crippen LogP contribution in [0.25, 0.3) is 11.0 Å². The van der Waals surface area contributed by atoms with Crippen LogP contribution in [0.15, 0.2) is 255 Å². The number of rotatable bonds is 6. The first-order valence-corrected chi connectivity index (χ1v) is 29.4. The second-order valence-electron chi connectivity index (χ2n) is 17.6. The maximum atomic E-state index is 4.96. The summed E-state index contributed by atoms with van der Waals surface area (Å²) in [6.07, 6.45) is 3.75. The van der Waals surface area contributed by atoms with Crippen molar-refractivity contribution in [3.05, 3.63) is 255 Å². The Morgan fingerprint density at radius 2 is 0.461 bits per heavy atom. The largest absolute Gasteiger partial charge is 0.293 e. The van der Waals surface area contributed by atoms with Gasteiger partial charge in [0.15, 0.2) is 0 Å². The molecule has 0 amide bonds. The molecule has 1 aliphatic heterocycles. The molecule has 0 unspecified atom stereocenters. The Kier molecular flexibility index (Phi) is 12.2. The van der Waals surface area contributed by atoms with Gasteiger partial charge >= 0.3 is 0 Å². The van der Waals surface area contributed by atoms with Crippen molar-refractivity contribution < 1.29 is 0 Å². The van der Waals surface area contributed by atoms with Gasteiger partial charge in [0.1, 0.15) is 65.5 Å². The van der Waals surface area contributed by atoms with E-state index in [1.54, 1.807) is 68.0 Å². The first kappa shape index (κ1) is 46.2. The van der Waals surface area contributed by atoms with Crippen LogP contribution in [0.1, 0.15) is 0 Å². The Labute approximate surface area is 464 Å². The summed E-state index contributed by atoms with van der Waals surface area (Å²) in [7, 11) is 0. The van der Waals surface area contributed by atoms with Crippen LogP contribution in [0.5, 0.6) is 0 Å². The first-order chi connectivity index (χ1) is 37.7. The van der Waals surface area contributed by atoms with Crippen molar-refractivity contribution in [3.8, 4) is 0 Å². The molecule has 0 aliphatic carbocycles. The number of benzene rings is 5. The van der Waals surface area contributed by atoms with E-state index in [4.69, 9.17) is 9.97 Å². The van der Waals surface area contributed by atoms with Gasteiger partial charge in [0.05, 0.1) is 11.2 Å². The number of hydrogen-bond donors (Lipinski definition) is 0. The summed E-state index contributed by atoms with van der Waals surface area (Å²) in [5.41, 5.74) is 8.03. The smallest absolute Gasteiger partial charge is 0.113 e. The number of aromatic nitrogens is 2. The minimum absolute atomic E-state index is 0.830. The van der Waals surface area contributed by atoms with Crippen LogP contribution < -0.4 is 29.4 Å². The molecule has 1 aliphatic rings. The number of anilines is 18. The maximum absolute atomic E-state index is 4.96. The quantitative estimate of drug-likeness (QED) is 0.163. The molecule has 0 spiro atoms. The van der Waals surface area contributed by atoms with Crippen molar-refractivity contribution >= 4 is 173 Å². The van der Waals surface area contributed by atoms with Gasteiger partial charge in [-0.25, -0.2) is 0 Å². The summed E-state index contributed by atoms with van der Waals surface area (Å²) in [6, 6.07) is 86.8. The third-order valence-electron chi connectivity index (χ3n) is 12.9. The Balaban J connectivity index is 1.00. The minimum atomic E-state index is 0.830. The van der Waals surface area contributed by atoms with Crippen molar-refractivity contribution in [1.82, 2.24) is 9.97 Å². The standard InChI is InChI=1S/C62H42N8S6/c1-6-17-43(18-7-1)65-50-28-30-52(71-50)66(44-19-8-2-9-20-44)54-32-34-56(73-54)68(46-23-12-4-13-24-46)58-36-38-60(75-58)70(49-40-42-63-48-27-16-41-64-62(48)49)61-39-37-59(76-61)69(47-25-14-5-15-26-47)57-35-33-55(74-57)67(45-21-10-3-11-22-45)53-31-29-51(65)72-53/h1-42H. The molecule has 8 nitrogen and oxygen atoms in total. The predicted octanol–water partition coefficient (Wildman–Crippen LogP) is 21.1. The number of nitrogens with zero attached hydrogens (tertiary/aromatic N) is 8. The highest BCUT2D eigenvalue weighted by Gasteiger charge is 2.29. The van der Waals surface area contributed by atoms with Gasteiger partial charge in [0.25, 0.3) is 0 Å². The summed E-state index contributed by atoms with van der Waals surface area (Å²) in [5.74, 6) is 0. The molecule has 12 bridgehead atoms. The molecular formula is C62H42N8S6. The molecule has 0 atom stereocenters. The van der Waals surface area contributed by atoms with Gasteiger partial charge in [-0.05, 0) is 152 Å². The molecule has 13 aromatic rings. The highest BCUT2D eigenvalue weighted by atomic mass is 32.1. The monoisotopic (exact) mass is 1090 g/mol. The SMILES string of the molecule is c1ccc(N2c3ccc(s3)N(c3ccccc3)c3ccc(s3)N(c3ccccc3)c3ccc(s3)N(c3ccnc4cccnc34)c3ccc(s3)N(c3ccccc3)c3ccc(s3)N(c3ccccc3)c3ccc2s3)cc1. The lowest BCUT2D eigenvalue weighted by Crippen LogP contribution is -2.09. The maximum Gasteiger partial charge on any atom is 0.113 e. The Hall–Kier alpha value is -8.34. The van der Waals surface area contributed by atoms with Gasteiger partial charge in [-0.2, -0.15) is 0 Å². The van der Waals surface area contributed by atoms with Crippen molar-refractivity contribution in [2.45, 2.75) is 0 Å². The van der Waals surface area contributed by atoms with Crippen LogP contribution >= 0.6 is 68.0 Å². The molecule has 5 aromatic carbocycles. The number of pyridine rings is 2. The summed E-state index contributed by atoms with van der Waals surface area (Å²) in [5, 5.41) is 13.1. The molecule has 0 saturated heterocycles. The highest BCUT2D eigenvalue weighted by Crippen LogP contribution is 2.56. The Morgan fingerprint density at radius 1 is 0.211 bits per heavy atom. The molecule has 0 fully saturated rings. The summed E-state index contributed by atoms with van der Waals surface area (Å²) < 4.78 is 0. The Bertz CT molecular complexity index is 3860. The lowest BCUT2D eigenvalue weighted by Gasteiger charge is -2.25. The van der Waals surface area contributed by atoms with Gasteiger partial charge in [0.2, 0.25) is 0 Å². The molecular weight excluding hydrogens is 1050 g/mol. The van der Waals surface area contributed by atoms with Crippen LogP contribution in [0, 0.1) is 0 Å². The second kappa shape index (κ2) is 20.1. The van der Waals surface area contributed by atoms with E-state index in [2.05, 4.69) is 260 Å². The lowest BCUT2D eigenvalue weighted by molar-refractivity contribution is 1.28. The molecule has 8 aromatic heterocycles. The zero-order chi connectivity index (χ0) is 50.4. The molecule has 0 N–H and O–H groups in total. The zero-order valence-corrected chi connectivity index (χ0v) is 45.2. The third kappa shape index (κ3) is 8.60. The molecule has 0 saturated carbocycles. The predicted molar refractivity (Wildman–Crippen MR) is 328 cm³/mol. The summed E-state index contributed by atoms with van der Waals surface area (Å²) in [4.78, 5) is 24.1. The average Bonchev–Trinajstić information content (AvgIpc) is 4.40. The van der Waals surface area contributed by atoms with E-state index in [1.165, 1.54) is 0 Å². The van der Waals surface area contributed by atoms with E-state index in [0.29, 0.717) is 0 Å². The van der Waals surface area contributed by atoms with Gasteiger partial charge in [-0.15, -0.1) is 0 Å². The average molecular weight is 1090 g/mol. The van der Waals surface area contributed by atoms with Crippen LogP contribution in [0.2, 0.25) is 0 Å². The number of hydrogen-bond acceptors (Lipinski definition) is 14. The Morgan fingerprint density at radius 3 is 0.724 bits per heavy atom. The zero-order valence-electron chi connectivity index (χ0n) is 40.3. The van der Waals surface area contributed by atoms with Crippen molar-refractivity contribution in [2.24, 2.45) is 0 Å². The van der Waals surface area contributed by atoms with Gasteiger partial charge in [0, 0.05) is 40.8 Å². The molecule has 14 rings (SSSR count). The van der Waals surface area contributed by atoms with Crippen LogP contribution in [0.4, 0.5) is 94.1 Å². The fourth-order valence-corrected chi connectivity index (χ4v) is 16.3. The van der Waals surface area contributed by atoms with Gasteiger partial charge in [-0.1, -0.05) is 159 Å². The van der Waals surface area contributed by atoms with Crippen LogP contribution in [-0.2, 0) is 0 Å². The highest BCUT2D eigenvalue weighted by molar-refractivity contribution is 7.25. The van der Waals surface area contributed by atoms with E-state index in [1.807, 2.05) is 24.5 Å². The fraction of sp³-hybridized carbons (Fsp3) is 0. The number of fused-ring (bicyclic) bond motifs is 13. The summed E-state index contributed by atoms with van der Waals surface area (Å²) in [6.45, 7) is 0. The van der Waals surface area contributed by atoms with E-state index in [9.17, 15) is 0 Å². The first-order valence-electron chi connectivity index (χ1n) is 24.5. The van der Waals surface area contributed by atoms with Crippen molar-refractivity contribution in [1.29, 1.82) is 0 Å². The van der Waals surface area contributed by atoms with Gasteiger partial charge < -0.3 is 0 Å². The van der Waals surface area contributed by atoms with E-state index >= 15 is 0 Å². The molecule has 0 radical (unpaired) electrons. The minimum Gasteiger partial charge on any atom is -0.293 e. The van der Waals surface area contributed by atoms with Crippen molar-refractivity contribution in [2.75, 3.05) is 29.4 Å². The molecule has 9 heterocycles. The lowest BCUT2D eigenvalue weighted by atomic mass is 10.2. The van der Waals surface area contributed by atoms with E-state index in [-0.39, 0.29) is 0 Å². The summed E-state index contributed by atoms with van der Waals surface area (Å²) >= 11 is 10.6. The third-order valence-corrected chi connectivity index (χ3v) is 19.2.